The molecular formula is C16H14FN5OS2. The van der Waals surface area contributed by atoms with Crippen LogP contribution in [0.2, 0.25) is 0 Å². The molecule has 0 aliphatic carbocycles. The molecule has 0 radical (unpaired) electrons. The Bertz CT molecular complexity index is 879. The number of rotatable bonds is 7. The van der Waals surface area contributed by atoms with Crippen LogP contribution in [-0.4, -0.2) is 31.4 Å². The first kappa shape index (κ1) is 17.3. The molecule has 2 aromatic heterocycles. The van der Waals surface area contributed by atoms with E-state index in [1.807, 2.05) is 0 Å². The van der Waals surface area contributed by atoms with E-state index in [4.69, 9.17) is 0 Å². The van der Waals surface area contributed by atoms with Crippen molar-refractivity contribution in [2.24, 2.45) is 0 Å². The predicted molar refractivity (Wildman–Crippen MR) is 97.1 cm³/mol. The van der Waals surface area contributed by atoms with E-state index in [0.717, 1.165) is 0 Å². The second-order valence-corrected chi connectivity index (χ2v) is 6.70. The molecule has 0 saturated heterocycles. The number of halogens is 1. The lowest BCUT2D eigenvalue weighted by molar-refractivity contribution is -0.113. The number of carbonyl (C=O) groups excluding carboxylic acids is 1. The van der Waals surface area contributed by atoms with E-state index in [0.29, 0.717) is 28.2 Å². The summed E-state index contributed by atoms with van der Waals surface area (Å²) in [6, 6.07) is 6.37. The summed E-state index contributed by atoms with van der Waals surface area (Å²) in [7, 11) is 0. The van der Waals surface area contributed by atoms with E-state index >= 15 is 0 Å². The molecule has 1 N–H and O–H groups in total. The number of thiazole rings is 1. The van der Waals surface area contributed by atoms with Crippen LogP contribution in [0.3, 0.4) is 0 Å². The van der Waals surface area contributed by atoms with Crippen molar-refractivity contribution in [1.82, 2.24) is 19.7 Å². The molecule has 9 heteroatoms. The third kappa shape index (κ3) is 4.12. The first-order chi connectivity index (χ1) is 12.2. The number of nitrogens with zero attached hydrogens (tertiary/aromatic N) is 4. The second kappa shape index (κ2) is 8.04. The van der Waals surface area contributed by atoms with Gasteiger partial charge < -0.3 is 5.32 Å². The number of aromatic nitrogens is 4. The van der Waals surface area contributed by atoms with Crippen LogP contribution in [0.15, 0.2) is 53.7 Å². The zero-order chi connectivity index (χ0) is 17.6. The summed E-state index contributed by atoms with van der Waals surface area (Å²) in [5, 5.41) is 13.7. The van der Waals surface area contributed by atoms with Gasteiger partial charge in [0.05, 0.1) is 11.3 Å². The maximum absolute atomic E-state index is 14.0. The van der Waals surface area contributed by atoms with Crippen molar-refractivity contribution in [3.8, 4) is 11.4 Å². The lowest BCUT2D eigenvalue weighted by atomic mass is 10.2. The fraction of sp³-hybridized carbons (Fsp3) is 0.125. The molecule has 128 valence electrons. The molecule has 3 rings (SSSR count). The fourth-order valence-electron chi connectivity index (χ4n) is 2.10. The number of amides is 1. The van der Waals surface area contributed by atoms with E-state index in [-0.39, 0.29) is 17.5 Å². The first-order valence-corrected chi connectivity index (χ1v) is 9.16. The van der Waals surface area contributed by atoms with Crippen molar-refractivity contribution in [1.29, 1.82) is 0 Å². The lowest BCUT2D eigenvalue weighted by Gasteiger charge is -2.08. The van der Waals surface area contributed by atoms with Crippen LogP contribution in [0.25, 0.3) is 11.4 Å². The Labute approximate surface area is 151 Å². The Kier molecular flexibility index (Phi) is 5.56. The van der Waals surface area contributed by atoms with Gasteiger partial charge in [0.2, 0.25) is 5.91 Å². The second-order valence-electron chi connectivity index (χ2n) is 4.86. The van der Waals surface area contributed by atoms with Crippen LogP contribution in [0.5, 0.6) is 0 Å². The minimum absolute atomic E-state index is 0.145. The van der Waals surface area contributed by atoms with Crippen molar-refractivity contribution in [3.05, 3.63) is 54.3 Å². The lowest BCUT2D eigenvalue weighted by Crippen LogP contribution is -2.14. The molecule has 1 aromatic carbocycles. The maximum atomic E-state index is 14.0. The van der Waals surface area contributed by atoms with E-state index in [9.17, 15) is 9.18 Å². The molecule has 0 saturated carbocycles. The third-order valence-electron chi connectivity index (χ3n) is 3.15. The quantitative estimate of drug-likeness (QED) is 0.506. The Morgan fingerprint density at radius 3 is 2.96 bits per heavy atom. The monoisotopic (exact) mass is 375 g/mol. The first-order valence-electron chi connectivity index (χ1n) is 7.30. The van der Waals surface area contributed by atoms with Crippen molar-refractivity contribution in [2.75, 3.05) is 11.1 Å². The van der Waals surface area contributed by atoms with Gasteiger partial charge in [-0.05, 0) is 12.1 Å². The van der Waals surface area contributed by atoms with Gasteiger partial charge in [0.25, 0.3) is 0 Å². The Morgan fingerprint density at radius 1 is 1.40 bits per heavy atom. The Morgan fingerprint density at radius 2 is 2.24 bits per heavy atom. The highest BCUT2D eigenvalue weighted by molar-refractivity contribution is 7.99. The molecule has 0 atom stereocenters. The van der Waals surface area contributed by atoms with Crippen LogP contribution in [-0.2, 0) is 11.3 Å². The van der Waals surface area contributed by atoms with Gasteiger partial charge in [0, 0.05) is 18.1 Å². The summed E-state index contributed by atoms with van der Waals surface area (Å²) in [6.07, 6.45) is 3.29. The Balaban J connectivity index is 1.76. The van der Waals surface area contributed by atoms with Gasteiger partial charge >= 0.3 is 0 Å². The molecule has 0 bridgehead atoms. The van der Waals surface area contributed by atoms with Crippen LogP contribution >= 0.6 is 23.1 Å². The molecule has 0 fully saturated rings. The molecule has 6 nitrogen and oxygen atoms in total. The third-order valence-corrected chi connectivity index (χ3v) is 4.81. The summed E-state index contributed by atoms with van der Waals surface area (Å²) in [4.78, 5) is 16.0. The number of anilines is 1. The summed E-state index contributed by atoms with van der Waals surface area (Å²) in [5.41, 5.74) is 0.357. The van der Waals surface area contributed by atoms with Gasteiger partial charge in [-0.2, -0.15) is 0 Å². The van der Waals surface area contributed by atoms with E-state index in [1.165, 1.54) is 29.2 Å². The van der Waals surface area contributed by atoms with Crippen LogP contribution in [0.1, 0.15) is 0 Å². The topological polar surface area (TPSA) is 72.7 Å². The number of hydrogen-bond acceptors (Lipinski definition) is 6. The normalized spacial score (nSPS) is 10.6. The van der Waals surface area contributed by atoms with Gasteiger partial charge in [-0.1, -0.05) is 30.0 Å². The molecular weight excluding hydrogens is 361 g/mol. The summed E-state index contributed by atoms with van der Waals surface area (Å²) in [5.74, 6) is -0.0220. The molecule has 1 amide bonds. The number of hydrogen-bond donors (Lipinski definition) is 1. The van der Waals surface area contributed by atoms with Gasteiger partial charge in [0.1, 0.15) is 5.82 Å². The number of benzene rings is 1. The number of thioether (sulfide) groups is 1. The van der Waals surface area contributed by atoms with Gasteiger partial charge in [-0.25, -0.2) is 9.37 Å². The van der Waals surface area contributed by atoms with Crippen LogP contribution < -0.4 is 5.32 Å². The zero-order valence-corrected chi connectivity index (χ0v) is 14.7. The number of allylic oxidation sites excluding steroid dienone is 1. The zero-order valence-electron chi connectivity index (χ0n) is 13.1. The number of carbonyl (C=O) groups is 1. The van der Waals surface area contributed by atoms with Crippen LogP contribution in [0.4, 0.5) is 9.52 Å². The average Bonchev–Trinajstić information content (AvgIpc) is 3.24. The number of nitrogens with one attached hydrogen (secondary N) is 1. The molecule has 3 aromatic rings. The van der Waals surface area contributed by atoms with E-state index < -0.39 is 0 Å². The molecule has 0 unspecified atom stereocenters. The minimum atomic E-state index is -0.377. The summed E-state index contributed by atoms with van der Waals surface area (Å²) in [6.45, 7) is 4.12. The highest BCUT2D eigenvalue weighted by Gasteiger charge is 2.17. The van der Waals surface area contributed by atoms with Crippen molar-refractivity contribution >= 4 is 34.1 Å². The minimum Gasteiger partial charge on any atom is -0.301 e. The molecule has 25 heavy (non-hydrogen) atoms. The largest absolute Gasteiger partial charge is 0.301 e. The maximum Gasteiger partial charge on any atom is 0.236 e. The summed E-state index contributed by atoms with van der Waals surface area (Å²) < 4.78 is 15.8. The highest BCUT2D eigenvalue weighted by Crippen LogP contribution is 2.26. The molecule has 0 aliphatic rings. The van der Waals surface area contributed by atoms with Crippen LogP contribution in [0, 0.1) is 5.82 Å². The van der Waals surface area contributed by atoms with E-state index in [2.05, 4.69) is 27.1 Å². The van der Waals surface area contributed by atoms with Gasteiger partial charge in [0.15, 0.2) is 16.1 Å². The predicted octanol–water partition coefficient (Wildman–Crippen LogP) is 3.46. The highest BCUT2D eigenvalue weighted by atomic mass is 32.2. The summed E-state index contributed by atoms with van der Waals surface area (Å²) >= 11 is 2.57. The average molecular weight is 375 g/mol. The van der Waals surface area contributed by atoms with Gasteiger partial charge in [-0.3, -0.25) is 9.36 Å². The fourth-order valence-corrected chi connectivity index (χ4v) is 3.39. The molecule has 2 heterocycles. The molecule has 0 spiro atoms. The van der Waals surface area contributed by atoms with Crippen molar-refractivity contribution in [2.45, 2.75) is 11.7 Å². The smallest absolute Gasteiger partial charge is 0.236 e. The molecule has 0 aliphatic heterocycles. The Hall–Kier alpha value is -2.52. The standard InChI is InChI=1S/C16H14FN5OS2/c1-2-8-22-14(11-5-3-4-6-12(11)17)20-21-16(22)25-10-13(23)19-15-18-7-9-24-15/h2-7,9H,1,8,10H2,(H,18,19,23). The van der Waals surface area contributed by atoms with Crippen molar-refractivity contribution in [3.63, 3.8) is 0 Å². The SMILES string of the molecule is C=CCn1c(SCC(=O)Nc2nccs2)nnc1-c1ccccc1F. The van der Waals surface area contributed by atoms with Crippen molar-refractivity contribution < 1.29 is 9.18 Å². The van der Waals surface area contributed by atoms with E-state index in [1.54, 1.807) is 40.4 Å². The van der Waals surface area contributed by atoms with Gasteiger partial charge in [-0.15, -0.1) is 28.1 Å².